The van der Waals surface area contributed by atoms with Gasteiger partial charge < -0.3 is 14.8 Å². The van der Waals surface area contributed by atoms with Crippen molar-refractivity contribution in [2.45, 2.75) is 64.5 Å². The van der Waals surface area contributed by atoms with Crippen molar-refractivity contribution in [3.05, 3.63) is 11.6 Å². The first-order valence-corrected chi connectivity index (χ1v) is 9.51. The molecule has 0 bridgehead atoms. The molecule has 1 aromatic heterocycles. The lowest BCUT2D eigenvalue weighted by Gasteiger charge is -2.27. The van der Waals surface area contributed by atoms with Gasteiger partial charge in [0.1, 0.15) is 11.6 Å². The van der Waals surface area contributed by atoms with E-state index in [1.807, 2.05) is 4.90 Å². The van der Waals surface area contributed by atoms with Gasteiger partial charge in [0, 0.05) is 44.4 Å². The van der Waals surface area contributed by atoms with E-state index >= 15 is 0 Å². The van der Waals surface area contributed by atoms with Crippen LogP contribution in [0.2, 0.25) is 0 Å². The molecule has 0 unspecified atom stereocenters. The number of hydrogen-bond donors (Lipinski definition) is 1. The molecule has 1 aliphatic carbocycles. The number of likely N-dealkylation sites (tertiary alicyclic amines) is 1. The SMILES string of the molecule is CC(C)c1nnc2n1C[C@@H](NC(=O)[C@@H]1CC(=O)N(CC3CC3)C1)CC2. The summed E-state index contributed by atoms with van der Waals surface area (Å²) in [7, 11) is 0. The molecule has 2 aliphatic heterocycles. The van der Waals surface area contributed by atoms with Crippen LogP contribution < -0.4 is 5.32 Å². The fraction of sp³-hybridized carbons (Fsp3) is 0.778. The van der Waals surface area contributed by atoms with Crippen LogP contribution >= 0.6 is 0 Å². The Morgan fingerprint density at radius 3 is 2.76 bits per heavy atom. The van der Waals surface area contributed by atoms with Crippen molar-refractivity contribution in [2.75, 3.05) is 13.1 Å². The predicted octanol–water partition coefficient (Wildman–Crippen LogP) is 1.09. The molecule has 2 fully saturated rings. The molecular weight excluding hydrogens is 318 g/mol. The molecular formula is C18H27N5O2. The molecule has 0 aromatic carbocycles. The zero-order chi connectivity index (χ0) is 17.6. The van der Waals surface area contributed by atoms with Gasteiger partial charge in [-0.25, -0.2) is 0 Å². The number of aryl methyl sites for hydroxylation is 1. The Morgan fingerprint density at radius 2 is 2.04 bits per heavy atom. The lowest BCUT2D eigenvalue weighted by Crippen LogP contribution is -2.44. The summed E-state index contributed by atoms with van der Waals surface area (Å²) in [6.07, 6.45) is 4.53. The zero-order valence-corrected chi connectivity index (χ0v) is 15.1. The number of nitrogens with zero attached hydrogens (tertiary/aromatic N) is 4. The van der Waals surface area contributed by atoms with E-state index in [0.717, 1.165) is 37.6 Å². The lowest BCUT2D eigenvalue weighted by atomic mass is 10.0. The van der Waals surface area contributed by atoms with Gasteiger partial charge in [0.2, 0.25) is 11.8 Å². The van der Waals surface area contributed by atoms with E-state index in [1.165, 1.54) is 12.8 Å². The van der Waals surface area contributed by atoms with Gasteiger partial charge in [-0.1, -0.05) is 13.8 Å². The summed E-state index contributed by atoms with van der Waals surface area (Å²) in [6, 6.07) is 0.0982. The number of nitrogens with one attached hydrogen (secondary N) is 1. The van der Waals surface area contributed by atoms with Crippen molar-refractivity contribution in [2.24, 2.45) is 11.8 Å². The summed E-state index contributed by atoms with van der Waals surface area (Å²) in [5, 5.41) is 11.7. The topological polar surface area (TPSA) is 80.1 Å². The highest BCUT2D eigenvalue weighted by Crippen LogP contribution is 2.32. The third kappa shape index (κ3) is 3.41. The minimum absolute atomic E-state index is 0.0271. The molecule has 7 nitrogen and oxygen atoms in total. The Balaban J connectivity index is 1.35. The first kappa shape index (κ1) is 16.5. The van der Waals surface area contributed by atoms with Crippen LogP contribution in [0.15, 0.2) is 0 Å². The average Bonchev–Trinajstić information content (AvgIpc) is 3.16. The van der Waals surface area contributed by atoms with Crippen molar-refractivity contribution in [3.63, 3.8) is 0 Å². The lowest BCUT2D eigenvalue weighted by molar-refractivity contribution is -0.129. The van der Waals surface area contributed by atoms with Gasteiger partial charge in [-0.15, -0.1) is 10.2 Å². The molecule has 1 N–H and O–H groups in total. The van der Waals surface area contributed by atoms with Gasteiger partial charge in [0.15, 0.2) is 0 Å². The number of hydrogen-bond acceptors (Lipinski definition) is 4. The molecule has 136 valence electrons. The molecule has 2 atom stereocenters. The molecule has 2 amide bonds. The van der Waals surface area contributed by atoms with Crippen LogP contribution in [0.3, 0.4) is 0 Å². The van der Waals surface area contributed by atoms with Gasteiger partial charge in [0.25, 0.3) is 0 Å². The van der Waals surface area contributed by atoms with E-state index in [0.29, 0.717) is 24.8 Å². The molecule has 25 heavy (non-hydrogen) atoms. The van der Waals surface area contributed by atoms with E-state index in [9.17, 15) is 9.59 Å². The summed E-state index contributed by atoms with van der Waals surface area (Å²) >= 11 is 0. The van der Waals surface area contributed by atoms with Crippen molar-refractivity contribution in [3.8, 4) is 0 Å². The van der Waals surface area contributed by atoms with Gasteiger partial charge >= 0.3 is 0 Å². The second-order valence-electron chi connectivity index (χ2n) is 8.13. The normalized spacial score (nSPS) is 26.2. The number of carbonyl (C=O) groups is 2. The Bertz CT molecular complexity index is 679. The summed E-state index contributed by atoms with van der Waals surface area (Å²) in [5.74, 6) is 2.96. The quantitative estimate of drug-likeness (QED) is 0.866. The van der Waals surface area contributed by atoms with Crippen molar-refractivity contribution >= 4 is 11.8 Å². The van der Waals surface area contributed by atoms with E-state index < -0.39 is 0 Å². The van der Waals surface area contributed by atoms with Crippen LogP contribution in [-0.4, -0.2) is 50.6 Å². The number of fused-ring (bicyclic) bond motifs is 1. The van der Waals surface area contributed by atoms with Crippen molar-refractivity contribution < 1.29 is 9.59 Å². The number of carbonyl (C=O) groups excluding carboxylic acids is 2. The van der Waals surface area contributed by atoms with Crippen LogP contribution in [0, 0.1) is 11.8 Å². The van der Waals surface area contributed by atoms with Gasteiger partial charge in [-0.05, 0) is 25.2 Å². The predicted molar refractivity (Wildman–Crippen MR) is 91.8 cm³/mol. The molecule has 1 saturated carbocycles. The Morgan fingerprint density at radius 1 is 1.24 bits per heavy atom. The first-order chi connectivity index (χ1) is 12.0. The van der Waals surface area contributed by atoms with E-state index in [4.69, 9.17) is 0 Å². The summed E-state index contributed by atoms with van der Waals surface area (Å²) in [5.41, 5.74) is 0. The third-order valence-electron chi connectivity index (χ3n) is 5.60. The number of rotatable bonds is 5. The molecule has 7 heteroatoms. The Kier molecular flexibility index (Phi) is 4.25. The highest BCUT2D eigenvalue weighted by Gasteiger charge is 2.38. The molecule has 1 aromatic rings. The first-order valence-electron chi connectivity index (χ1n) is 9.51. The number of aromatic nitrogens is 3. The molecule has 3 aliphatic rings. The molecule has 1 saturated heterocycles. The average molecular weight is 345 g/mol. The zero-order valence-electron chi connectivity index (χ0n) is 15.1. The van der Waals surface area contributed by atoms with Crippen LogP contribution in [0.4, 0.5) is 0 Å². The van der Waals surface area contributed by atoms with Crippen molar-refractivity contribution in [1.29, 1.82) is 0 Å². The van der Waals surface area contributed by atoms with Crippen molar-refractivity contribution in [1.82, 2.24) is 25.0 Å². The Labute approximate surface area is 148 Å². The standard InChI is InChI=1S/C18H27N5O2/c1-11(2)17-21-20-15-6-5-14(10-23(15)17)19-18(25)13-7-16(24)22(9-13)8-12-3-4-12/h11-14H,3-10H2,1-2H3,(H,19,25)/t13-,14+/m1/s1. The summed E-state index contributed by atoms with van der Waals surface area (Å²) in [4.78, 5) is 26.6. The molecule has 3 heterocycles. The maximum absolute atomic E-state index is 12.6. The van der Waals surface area contributed by atoms with Crippen LogP contribution in [-0.2, 0) is 22.6 Å². The second-order valence-corrected chi connectivity index (χ2v) is 8.13. The van der Waals surface area contributed by atoms with E-state index in [-0.39, 0.29) is 23.8 Å². The highest BCUT2D eigenvalue weighted by molar-refractivity contribution is 5.89. The third-order valence-corrected chi connectivity index (χ3v) is 5.60. The fourth-order valence-corrected chi connectivity index (χ4v) is 3.95. The smallest absolute Gasteiger partial charge is 0.225 e. The maximum atomic E-state index is 12.6. The summed E-state index contributed by atoms with van der Waals surface area (Å²) in [6.45, 7) is 6.38. The molecule has 0 radical (unpaired) electrons. The number of amides is 2. The van der Waals surface area contributed by atoms with Crippen LogP contribution in [0.25, 0.3) is 0 Å². The van der Waals surface area contributed by atoms with Gasteiger partial charge in [0.05, 0.1) is 5.92 Å². The fourth-order valence-electron chi connectivity index (χ4n) is 3.95. The maximum Gasteiger partial charge on any atom is 0.225 e. The Hall–Kier alpha value is -1.92. The largest absolute Gasteiger partial charge is 0.351 e. The summed E-state index contributed by atoms with van der Waals surface area (Å²) < 4.78 is 2.15. The van der Waals surface area contributed by atoms with Gasteiger partial charge in [-0.2, -0.15) is 0 Å². The van der Waals surface area contributed by atoms with Crippen LogP contribution in [0.5, 0.6) is 0 Å². The monoisotopic (exact) mass is 345 g/mol. The van der Waals surface area contributed by atoms with Gasteiger partial charge in [-0.3, -0.25) is 9.59 Å². The molecule has 4 rings (SSSR count). The van der Waals surface area contributed by atoms with Crippen LogP contribution in [0.1, 0.15) is 57.1 Å². The highest BCUT2D eigenvalue weighted by atomic mass is 16.2. The van der Waals surface area contributed by atoms with E-state index in [1.54, 1.807) is 0 Å². The second kappa shape index (κ2) is 6.42. The van der Waals surface area contributed by atoms with E-state index in [2.05, 4.69) is 33.9 Å². The minimum Gasteiger partial charge on any atom is -0.351 e. The minimum atomic E-state index is -0.196. The molecule has 0 spiro atoms.